The first kappa shape index (κ1) is 13.1. The molecule has 94 valence electrons. The third kappa shape index (κ3) is 3.51. The molecule has 1 aromatic carbocycles. The monoisotopic (exact) mass is 249 g/mol. The molecular weight excluding hydrogens is 239 g/mol. The molecule has 0 bridgehead atoms. The highest BCUT2D eigenvalue weighted by molar-refractivity contribution is 5.66. The van der Waals surface area contributed by atoms with Crippen LogP contribution in [0.1, 0.15) is 0 Å². The Kier molecular flexibility index (Phi) is 3.45. The summed E-state index contributed by atoms with van der Waals surface area (Å²) in [7, 11) is 1.23. The van der Waals surface area contributed by atoms with E-state index in [1.807, 2.05) is 0 Å². The van der Waals surface area contributed by atoms with Gasteiger partial charge < -0.3 is 10.6 Å². The van der Waals surface area contributed by atoms with E-state index in [2.05, 4.69) is 0 Å². The van der Waals surface area contributed by atoms with E-state index in [9.17, 15) is 23.3 Å². The summed E-state index contributed by atoms with van der Waals surface area (Å²) in [6, 6.07) is 3.45. The Labute approximate surface area is 94.8 Å². The van der Waals surface area contributed by atoms with Crippen LogP contribution >= 0.6 is 0 Å². The summed E-state index contributed by atoms with van der Waals surface area (Å²) >= 11 is 0. The summed E-state index contributed by atoms with van der Waals surface area (Å²) in [5, 5.41) is 10.5. The first-order chi connectivity index (χ1) is 7.70. The smallest absolute Gasteiger partial charge is 0.393 e. The Hall–Kier alpha value is -1.99. The summed E-state index contributed by atoms with van der Waals surface area (Å²) in [5.41, 5.74) is 5.06. The van der Waals surface area contributed by atoms with Gasteiger partial charge in [0.1, 0.15) is 12.2 Å². The molecule has 0 amide bonds. The van der Waals surface area contributed by atoms with Gasteiger partial charge in [-0.25, -0.2) is 0 Å². The number of benzene rings is 1. The van der Waals surface area contributed by atoms with E-state index in [0.717, 1.165) is 17.0 Å². The molecule has 0 heterocycles. The zero-order chi connectivity index (χ0) is 13.2. The topological polar surface area (TPSA) is 72.4 Å². The van der Waals surface area contributed by atoms with Gasteiger partial charge in [0.25, 0.3) is 5.69 Å². The summed E-state index contributed by atoms with van der Waals surface area (Å²) in [4.78, 5) is 10.7. The van der Waals surface area contributed by atoms with Crippen LogP contribution in [0.2, 0.25) is 0 Å². The zero-order valence-corrected chi connectivity index (χ0v) is 8.86. The van der Waals surface area contributed by atoms with Crippen molar-refractivity contribution >= 4 is 17.1 Å². The number of hydrogen-bond acceptors (Lipinski definition) is 4. The van der Waals surface area contributed by atoms with Crippen LogP contribution in [-0.4, -0.2) is 24.7 Å². The lowest BCUT2D eigenvalue weighted by atomic mass is 10.2. The van der Waals surface area contributed by atoms with E-state index in [-0.39, 0.29) is 17.1 Å². The Morgan fingerprint density at radius 3 is 2.47 bits per heavy atom. The van der Waals surface area contributed by atoms with Crippen molar-refractivity contribution in [1.29, 1.82) is 0 Å². The predicted molar refractivity (Wildman–Crippen MR) is 56.8 cm³/mol. The quantitative estimate of drug-likeness (QED) is 0.506. The normalized spacial score (nSPS) is 11.3. The molecule has 0 aliphatic carbocycles. The molecule has 0 aliphatic rings. The molecule has 0 fully saturated rings. The average Bonchev–Trinajstić information content (AvgIpc) is 2.14. The van der Waals surface area contributed by atoms with Gasteiger partial charge >= 0.3 is 6.18 Å². The van der Waals surface area contributed by atoms with Gasteiger partial charge in [0, 0.05) is 18.8 Å². The largest absolute Gasteiger partial charge is 0.405 e. The van der Waals surface area contributed by atoms with Gasteiger partial charge in [-0.1, -0.05) is 0 Å². The van der Waals surface area contributed by atoms with Crippen LogP contribution in [-0.2, 0) is 0 Å². The highest BCUT2D eigenvalue weighted by Gasteiger charge is 2.29. The molecule has 0 atom stereocenters. The van der Waals surface area contributed by atoms with Gasteiger partial charge in [0.05, 0.1) is 4.92 Å². The van der Waals surface area contributed by atoms with E-state index >= 15 is 0 Å². The SMILES string of the molecule is CN(CC(F)(F)F)c1ccc([N+](=O)[O-])c(N)c1. The number of nitrogens with zero attached hydrogens (tertiary/aromatic N) is 2. The second-order valence-corrected chi connectivity index (χ2v) is 3.47. The number of nitrogen functional groups attached to an aromatic ring is 1. The molecule has 5 nitrogen and oxygen atoms in total. The second-order valence-electron chi connectivity index (χ2n) is 3.47. The molecule has 8 heteroatoms. The van der Waals surface area contributed by atoms with Crippen molar-refractivity contribution in [3.05, 3.63) is 28.3 Å². The summed E-state index contributed by atoms with van der Waals surface area (Å²) in [5.74, 6) is 0. The number of rotatable bonds is 3. The number of alkyl halides is 3. The molecule has 0 saturated heterocycles. The molecular formula is C9H10F3N3O2. The number of anilines is 2. The van der Waals surface area contributed by atoms with Gasteiger partial charge in [-0.05, 0) is 12.1 Å². The van der Waals surface area contributed by atoms with Crippen molar-refractivity contribution in [3.63, 3.8) is 0 Å². The van der Waals surface area contributed by atoms with Gasteiger partial charge in [-0.2, -0.15) is 13.2 Å². The lowest BCUT2D eigenvalue weighted by Crippen LogP contribution is -2.30. The van der Waals surface area contributed by atoms with Crippen molar-refractivity contribution in [3.8, 4) is 0 Å². The van der Waals surface area contributed by atoms with Crippen molar-refractivity contribution in [2.75, 3.05) is 24.2 Å². The number of nitro benzene ring substituents is 1. The van der Waals surface area contributed by atoms with E-state index in [4.69, 9.17) is 5.73 Å². The maximum atomic E-state index is 12.1. The predicted octanol–water partition coefficient (Wildman–Crippen LogP) is 2.18. The fourth-order valence-electron chi connectivity index (χ4n) is 1.31. The van der Waals surface area contributed by atoms with E-state index < -0.39 is 17.6 Å². The van der Waals surface area contributed by atoms with Crippen molar-refractivity contribution in [2.24, 2.45) is 0 Å². The molecule has 0 aliphatic heterocycles. The fraction of sp³-hybridized carbons (Fsp3) is 0.333. The van der Waals surface area contributed by atoms with Gasteiger partial charge in [0.15, 0.2) is 0 Å². The third-order valence-electron chi connectivity index (χ3n) is 2.07. The molecule has 0 radical (unpaired) electrons. The third-order valence-corrected chi connectivity index (χ3v) is 2.07. The van der Waals surface area contributed by atoms with Crippen LogP contribution in [0, 0.1) is 10.1 Å². The fourth-order valence-corrected chi connectivity index (χ4v) is 1.31. The van der Waals surface area contributed by atoms with Gasteiger partial charge in [-0.15, -0.1) is 0 Å². The van der Waals surface area contributed by atoms with E-state index in [1.54, 1.807) is 0 Å². The van der Waals surface area contributed by atoms with E-state index in [0.29, 0.717) is 0 Å². The minimum atomic E-state index is -4.34. The van der Waals surface area contributed by atoms with Crippen LogP contribution in [0.25, 0.3) is 0 Å². The first-order valence-corrected chi connectivity index (χ1v) is 4.52. The average molecular weight is 249 g/mol. The standard InChI is InChI=1S/C9H10F3N3O2/c1-14(5-9(10,11)12)6-2-3-8(15(16)17)7(13)4-6/h2-4H,5,13H2,1H3. The Bertz CT molecular complexity index is 434. The zero-order valence-electron chi connectivity index (χ0n) is 8.86. The maximum absolute atomic E-state index is 12.1. The molecule has 0 spiro atoms. The Morgan fingerprint density at radius 2 is 2.06 bits per heavy atom. The lowest BCUT2D eigenvalue weighted by Gasteiger charge is -2.21. The van der Waals surface area contributed by atoms with Crippen LogP contribution in [0.5, 0.6) is 0 Å². The summed E-state index contributed by atoms with van der Waals surface area (Å²) < 4.78 is 36.4. The molecule has 2 N–H and O–H groups in total. The first-order valence-electron chi connectivity index (χ1n) is 4.52. The maximum Gasteiger partial charge on any atom is 0.405 e. The van der Waals surface area contributed by atoms with Crippen molar-refractivity contribution in [2.45, 2.75) is 6.18 Å². The Morgan fingerprint density at radius 1 is 1.47 bits per heavy atom. The molecule has 0 aromatic heterocycles. The molecule has 17 heavy (non-hydrogen) atoms. The summed E-state index contributed by atoms with van der Waals surface area (Å²) in [6.45, 7) is -1.15. The second kappa shape index (κ2) is 4.48. The number of hydrogen-bond donors (Lipinski definition) is 1. The van der Waals surface area contributed by atoms with Gasteiger partial charge in [-0.3, -0.25) is 10.1 Å². The number of halogens is 3. The number of nitrogens with two attached hydrogens (primary N) is 1. The molecule has 0 unspecified atom stereocenters. The lowest BCUT2D eigenvalue weighted by molar-refractivity contribution is -0.383. The number of nitro groups is 1. The highest BCUT2D eigenvalue weighted by Crippen LogP contribution is 2.28. The van der Waals surface area contributed by atoms with Crippen LogP contribution in [0.3, 0.4) is 0 Å². The summed E-state index contributed by atoms with van der Waals surface area (Å²) in [6.07, 6.45) is -4.34. The Balaban J connectivity index is 2.94. The molecule has 0 saturated carbocycles. The minimum absolute atomic E-state index is 0.165. The molecule has 1 rings (SSSR count). The highest BCUT2D eigenvalue weighted by atomic mass is 19.4. The molecule has 1 aromatic rings. The van der Waals surface area contributed by atoms with Gasteiger partial charge in [0.2, 0.25) is 0 Å². The van der Waals surface area contributed by atoms with E-state index in [1.165, 1.54) is 13.1 Å². The minimum Gasteiger partial charge on any atom is -0.393 e. The van der Waals surface area contributed by atoms with Crippen molar-refractivity contribution < 1.29 is 18.1 Å². The van der Waals surface area contributed by atoms with Crippen molar-refractivity contribution in [1.82, 2.24) is 0 Å². The van der Waals surface area contributed by atoms with Crippen LogP contribution in [0.15, 0.2) is 18.2 Å². The van der Waals surface area contributed by atoms with Crippen LogP contribution < -0.4 is 10.6 Å². The van der Waals surface area contributed by atoms with Crippen LogP contribution in [0.4, 0.5) is 30.2 Å².